The average molecular weight is 551 g/mol. The maximum absolute atomic E-state index is 15.2. The second-order valence-corrected chi connectivity index (χ2v) is 8.97. The lowest BCUT2D eigenvalue weighted by molar-refractivity contribution is -0.289. The van der Waals surface area contributed by atoms with Crippen LogP contribution < -0.4 is 9.47 Å². The second-order valence-electron chi connectivity index (χ2n) is 8.97. The van der Waals surface area contributed by atoms with Crippen LogP contribution in [0.5, 0.6) is 11.5 Å². The lowest BCUT2D eigenvalue weighted by Gasteiger charge is -2.32. The van der Waals surface area contributed by atoms with E-state index in [0.717, 1.165) is 17.7 Å². The van der Waals surface area contributed by atoms with Crippen LogP contribution in [0.15, 0.2) is 60.7 Å². The Morgan fingerprint density at radius 3 is 2.23 bits per heavy atom. The normalized spacial score (nSPS) is 17.7. The van der Waals surface area contributed by atoms with Crippen molar-refractivity contribution in [1.29, 1.82) is 0 Å². The highest BCUT2D eigenvalue weighted by Crippen LogP contribution is 2.43. The smallest absolute Gasteiger partial charge is 0.384 e. The molecule has 2 unspecified atom stereocenters. The van der Waals surface area contributed by atoms with Crippen LogP contribution in [-0.4, -0.2) is 25.3 Å². The number of hydrogen-bond acceptors (Lipinski definition) is 5. The summed E-state index contributed by atoms with van der Waals surface area (Å²) in [6, 6.07) is 14.3. The summed E-state index contributed by atoms with van der Waals surface area (Å²) in [6.07, 6.45) is -8.58. The largest absolute Gasteiger partial charge is 0.494 e. The fourth-order valence-corrected chi connectivity index (χ4v) is 4.45. The summed E-state index contributed by atoms with van der Waals surface area (Å²) >= 11 is 0. The highest BCUT2D eigenvalue weighted by Gasteiger charge is 2.42. The Balaban J connectivity index is 1.48. The molecule has 4 rings (SSSR count). The lowest BCUT2D eigenvalue weighted by Crippen LogP contribution is -2.34. The van der Waals surface area contributed by atoms with Crippen LogP contribution in [0, 0.1) is 5.82 Å². The molecule has 208 valence electrons. The van der Waals surface area contributed by atoms with Gasteiger partial charge in [0.25, 0.3) is 6.43 Å². The first-order valence-corrected chi connectivity index (χ1v) is 12.4. The van der Waals surface area contributed by atoms with E-state index in [0.29, 0.717) is 18.8 Å². The molecule has 0 aliphatic carbocycles. The summed E-state index contributed by atoms with van der Waals surface area (Å²) in [6.45, 7) is 3.40. The Hall–Kier alpha value is -3.50. The van der Waals surface area contributed by atoms with E-state index in [4.69, 9.17) is 18.9 Å². The standard InChI is InChI=1S/C29H27F5O5/c1-3-36-20-8-6-19(7-9-20)25-15-12-22(16-37-25)39-29(33,34)24-14-13-23(27(30)26(24)28(31)32)18-4-10-21(11-5-18)38-17(2)35/h4-11,13-14,22,25,28H,3,12,15-16H2,1-2H3. The van der Waals surface area contributed by atoms with Gasteiger partial charge in [-0.2, -0.15) is 8.78 Å². The number of esters is 1. The molecule has 0 radical (unpaired) electrons. The molecule has 2 atom stereocenters. The number of rotatable bonds is 9. The van der Waals surface area contributed by atoms with Crippen molar-refractivity contribution in [2.45, 2.75) is 51.4 Å². The molecule has 1 saturated heterocycles. The fraction of sp³-hybridized carbons (Fsp3) is 0.345. The summed E-state index contributed by atoms with van der Waals surface area (Å²) in [4.78, 5) is 11.1. The first-order valence-electron chi connectivity index (χ1n) is 12.4. The van der Waals surface area contributed by atoms with Gasteiger partial charge in [-0.25, -0.2) is 13.2 Å². The zero-order chi connectivity index (χ0) is 28.2. The van der Waals surface area contributed by atoms with Crippen LogP contribution in [0.3, 0.4) is 0 Å². The van der Waals surface area contributed by atoms with Gasteiger partial charge in [0.05, 0.1) is 36.5 Å². The number of benzene rings is 3. The fourth-order valence-electron chi connectivity index (χ4n) is 4.45. The van der Waals surface area contributed by atoms with Crippen molar-refractivity contribution in [2.24, 2.45) is 0 Å². The minimum Gasteiger partial charge on any atom is -0.494 e. The Morgan fingerprint density at radius 1 is 1.00 bits per heavy atom. The highest BCUT2D eigenvalue weighted by atomic mass is 19.3. The van der Waals surface area contributed by atoms with Crippen molar-refractivity contribution < 1.29 is 45.7 Å². The van der Waals surface area contributed by atoms with E-state index in [2.05, 4.69) is 0 Å². The van der Waals surface area contributed by atoms with E-state index >= 15 is 13.2 Å². The van der Waals surface area contributed by atoms with Crippen LogP contribution in [0.1, 0.15) is 55.9 Å². The number of halogens is 5. The molecule has 0 N–H and O–H groups in total. The van der Waals surface area contributed by atoms with E-state index in [1.54, 1.807) is 12.1 Å². The zero-order valence-electron chi connectivity index (χ0n) is 21.3. The number of hydrogen-bond donors (Lipinski definition) is 0. The van der Waals surface area contributed by atoms with Crippen LogP contribution >= 0.6 is 0 Å². The maximum Gasteiger partial charge on any atom is 0.384 e. The van der Waals surface area contributed by atoms with Gasteiger partial charge < -0.3 is 18.9 Å². The molecule has 1 heterocycles. The van der Waals surface area contributed by atoms with E-state index in [9.17, 15) is 13.6 Å². The molecular weight excluding hydrogens is 523 g/mol. The molecule has 3 aromatic rings. The van der Waals surface area contributed by atoms with E-state index in [1.807, 2.05) is 19.1 Å². The number of ether oxygens (including phenoxy) is 4. The zero-order valence-corrected chi connectivity index (χ0v) is 21.3. The van der Waals surface area contributed by atoms with Crippen molar-refractivity contribution in [3.8, 4) is 22.6 Å². The van der Waals surface area contributed by atoms with Crippen LogP contribution in [0.2, 0.25) is 0 Å². The van der Waals surface area contributed by atoms with Crippen molar-refractivity contribution in [2.75, 3.05) is 13.2 Å². The highest BCUT2D eigenvalue weighted by molar-refractivity contribution is 5.71. The molecule has 0 amide bonds. The Bertz CT molecular complexity index is 1270. The SMILES string of the molecule is CCOc1ccc(C2CCC(OC(F)(F)c3ccc(-c4ccc(OC(C)=O)cc4)c(F)c3C(F)F)CO2)cc1. The topological polar surface area (TPSA) is 54.0 Å². The second kappa shape index (κ2) is 12.1. The monoisotopic (exact) mass is 550 g/mol. The van der Waals surface area contributed by atoms with Gasteiger partial charge in [0.1, 0.15) is 17.3 Å². The molecule has 1 fully saturated rings. The van der Waals surface area contributed by atoms with Crippen LogP contribution in [-0.2, 0) is 20.4 Å². The molecule has 5 nitrogen and oxygen atoms in total. The molecule has 0 spiro atoms. The van der Waals surface area contributed by atoms with Gasteiger partial charge in [-0.1, -0.05) is 30.3 Å². The molecule has 0 saturated carbocycles. The first kappa shape index (κ1) is 28.5. The quantitative estimate of drug-likeness (QED) is 0.155. The van der Waals surface area contributed by atoms with Gasteiger partial charge in [-0.3, -0.25) is 4.79 Å². The average Bonchev–Trinajstić information content (AvgIpc) is 2.89. The van der Waals surface area contributed by atoms with E-state index < -0.39 is 41.6 Å². The van der Waals surface area contributed by atoms with Crippen molar-refractivity contribution in [1.82, 2.24) is 0 Å². The molecule has 3 aromatic carbocycles. The van der Waals surface area contributed by atoms with Gasteiger partial charge >= 0.3 is 12.1 Å². The number of alkyl halides is 4. The third-order valence-corrected chi connectivity index (χ3v) is 6.25. The first-order chi connectivity index (χ1) is 18.6. The third kappa shape index (κ3) is 6.75. The predicted molar refractivity (Wildman–Crippen MR) is 132 cm³/mol. The molecule has 1 aliphatic heterocycles. The number of carbonyl (C=O) groups excluding carboxylic acids is 1. The summed E-state index contributed by atoms with van der Waals surface area (Å²) in [5.74, 6) is -1.20. The molecule has 39 heavy (non-hydrogen) atoms. The predicted octanol–water partition coefficient (Wildman–Crippen LogP) is 7.74. The molecule has 10 heteroatoms. The van der Waals surface area contributed by atoms with E-state index in [1.165, 1.54) is 31.2 Å². The molecule has 1 aliphatic rings. The van der Waals surface area contributed by atoms with Crippen molar-refractivity contribution in [3.63, 3.8) is 0 Å². The van der Waals surface area contributed by atoms with Gasteiger partial charge in [-0.15, -0.1) is 0 Å². The van der Waals surface area contributed by atoms with Crippen molar-refractivity contribution in [3.05, 3.63) is 83.2 Å². The van der Waals surface area contributed by atoms with Gasteiger partial charge in [0.2, 0.25) is 0 Å². The number of carbonyl (C=O) groups is 1. The minimum atomic E-state index is -4.19. The van der Waals surface area contributed by atoms with E-state index in [-0.39, 0.29) is 36.0 Å². The van der Waals surface area contributed by atoms with Crippen LogP contribution in [0.4, 0.5) is 22.0 Å². The lowest BCUT2D eigenvalue weighted by atomic mass is 9.97. The molecule has 0 aromatic heterocycles. The van der Waals surface area contributed by atoms with Crippen LogP contribution in [0.25, 0.3) is 11.1 Å². The van der Waals surface area contributed by atoms with Gasteiger partial charge in [-0.05, 0) is 61.2 Å². The minimum absolute atomic E-state index is 0.141. The Kier molecular flexibility index (Phi) is 8.87. The summed E-state index contributed by atoms with van der Waals surface area (Å²) < 4.78 is 94.2. The summed E-state index contributed by atoms with van der Waals surface area (Å²) in [5, 5.41) is 0. The molecule has 0 bridgehead atoms. The summed E-state index contributed by atoms with van der Waals surface area (Å²) in [7, 11) is 0. The van der Waals surface area contributed by atoms with Gasteiger partial charge in [0.15, 0.2) is 0 Å². The Labute approximate surface area is 222 Å². The van der Waals surface area contributed by atoms with Gasteiger partial charge in [0, 0.05) is 12.5 Å². The third-order valence-electron chi connectivity index (χ3n) is 6.25. The maximum atomic E-state index is 15.2. The van der Waals surface area contributed by atoms with Crippen molar-refractivity contribution >= 4 is 5.97 Å². The molecular formula is C29H27F5O5. The Morgan fingerprint density at radius 2 is 1.67 bits per heavy atom. The summed E-state index contributed by atoms with van der Waals surface area (Å²) in [5.41, 5.74) is -2.00.